The Balaban J connectivity index is 1.39. The van der Waals surface area contributed by atoms with Gasteiger partial charge < -0.3 is 19.8 Å². The second-order valence-electron chi connectivity index (χ2n) is 8.49. The number of hydrogen-bond acceptors (Lipinski definition) is 6. The summed E-state index contributed by atoms with van der Waals surface area (Å²) in [5.74, 6) is 1.74. The summed E-state index contributed by atoms with van der Waals surface area (Å²) < 4.78 is 27.5. The van der Waals surface area contributed by atoms with Gasteiger partial charge in [0.05, 0.1) is 12.2 Å². The molecule has 1 fully saturated rings. The third-order valence-corrected chi connectivity index (χ3v) is 6.20. The van der Waals surface area contributed by atoms with Crippen LogP contribution < -0.4 is 5.32 Å². The number of imidazole rings is 1. The molecule has 5 heterocycles. The lowest BCUT2D eigenvalue weighted by molar-refractivity contribution is 0.127. The van der Waals surface area contributed by atoms with E-state index in [0.717, 1.165) is 30.6 Å². The first-order valence-electron chi connectivity index (χ1n) is 10.9. The number of H-pyrrole nitrogens is 1. The van der Waals surface area contributed by atoms with Crippen molar-refractivity contribution >= 4 is 28.1 Å². The summed E-state index contributed by atoms with van der Waals surface area (Å²) in [6.07, 6.45) is 3.48. The van der Waals surface area contributed by atoms with Crippen molar-refractivity contribution in [3.63, 3.8) is 0 Å². The molecule has 1 saturated heterocycles. The number of aromatic nitrogens is 6. The molecular weight excluding hydrogens is 414 g/mol. The van der Waals surface area contributed by atoms with Gasteiger partial charge in [0.2, 0.25) is 5.95 Å². The van der Waals surface area contributed by atoms with Gasteiger partial charge in [0.15, 0.2) is 5.65 Å². The van der Waals surface area contributed by atoms with E-state index in [1.807, 2.05) is 18.3 Å². The normalized spacial score (nSPS) is 15.9. The van der Waals surface area contributed by atoms with Crippen molar-refractivity contribution in [2.45, 2.75) is 32.7 Å². The summed E-state index contributed by atoms with van der Waals surface area (Å²) in [5, 5.41) is 4.20. The summed E-state index contributed by atoms with van der Waals surface area (Å²) in [7, 11) is 2.16. The Kier molecular flexibility index (Phi) is 5.46. The van der Waals surface area contributed by atoms with Crippen molar-refractivity contribution < 1.29 is 8.78 Å². The fourth-order valence-electron chi connectivity index (χ4n) is 4.33. The maximum absolute atomic E-state index is 13.0. The van der Waals surface area contributed by atoms with Crippen LogP contribution in [-0.4, -0.2) is 67.5 Å². The molecule has 5 rings (SSSR count). The van der Waals surface area contributed by atoms with Crippen LogP contribution in [0.15, 0.2) is 24.5 Å². The number of nitrogens with one attached hydrogen (secondary N) is 2. The maximum Gasteiger partial charge on any atom is 0.256 e. The van der Waals surface area contributed by atoms with Gasteiger partial charge in [-0.3, -0.25) is 0 Å². The van der Waals surface area contributed by atoms with Crippen LogP contribution in [0.5, 0.6) is 0 Å². The topological polar surface area (TPSA) is 87.6 Å². The molecule has 1 aliphatic rings. The molecular formula is C22H26F2N8. The Bertz CT molecular complexity index is 1240. The molecule has 2 N–H and O–H groups in total. The van der Waals surface area contributed by atoms with Crippen LogP contribution in [0.4, 0.5) is 14.7 Å². The van der Waals surface area contributed by atoms with Crippen LogP contribution in [0, 0.1) is 12.8 Å². The van der Waals surface area contributed by atoms with E-state index in [4.69, 9.17) is 0 Å². The van der Waals surface area contributed by atoms with E-state index in [0.29, 0.717) is 40.2 Å². The number of nitrogens with zero attached hydrogens (tertiary/aromatic N) is 6. The van der Waals surface area contributed by atoms with Crippen molar-refractivity contribution in [1.29, 1.82) is 0 Å². The van der Waals surface area contributed by atoms with Gasteiger partial charge in [0, 0.05) is 29.9 Å². The minimum atomic E-state index is -2.47. The first kappa shape index (κ1) is 20.7. The third-order valence-electron chi connectivity index (χ3n) is 6.20. The van der Waals surface area contributed by atoms with E-state index in [1.165, 1.54) is 17.4 Å². The predicted octanol–water partition coefficient (Wildman–Crippen LogP) is 3.70. The summed E-state index contributed by atoms with van der Waals surface area (Å²) in [6, 6.07) is 3.65. The number of hydrogen-bond donors (Lipinski definition) is 2. The number of alkyl halides is 2. The molecule has 0 saturated carbocycles. The van der Waals surface area contributed by atoms with E-state index in [1.54, 1.807) is 13.1 Å². The highest BCUT2D eigenvalue weighted by molar-refractivity contribution is 5.93. The second-order valence-corrected chi connectivity index (χ2v) is 8.49. The number of piperidine rings is 1. The largest absolute Gasteiger partial charge is 0.354 e. The molecule has 8 nitrogen and oxygen atoms in total. The van der Waals surface area contributed by atoms with Crippen molar-refractivity contribution in [3.8, 4) is 11.3 Å². The number of aromatic amines is 1. The molecule has 1 aliphatic heterocycles. The van der Waals surface area contributed by atoms with Gasteiger partial charge in [-0.25, -0.2) is 23.7 Å². The smallest absolute Gasteiger partial charge is 0.256 e. The Morgan fingerprint density at radius 3 is 2.78 bits per heavy atom. The molecule has 0 bridgehead atoms. The standard InChI is InChI=1S/C22H26F2N8/c1-13-28-18-4-3-17(29-21(18)32(13)12-19(23)24)15-10-25-20-16(15)11-27-22(30-20)26-9-14-5-7-31(2)8-6-14/h3-4,10-11,14,19H,5-9,12H2,1-2H3,(H2,25,26,27,30). The number of anilines is 1. The molecule has 0 aromatic carbocycles. The van der Waals surface area contributed by atoms with Gasteiger partial charge in [-0.2, -0.15) is 4.98 Å². The molecule has 0 atom stereocenters. The fourth-order valence-corrected chi connectivity index (χ4v) is 4.33. The third kappa shape index (κ3) is 4.02. The average molecular weight is 441 g/mol. The molecule has 4 aromatic rings. The van der Waals surface area contributed by atoms with Gasteiger partial charge in [-0.15, -0.1) is 0 Å². The lowest BCUT2D eigenvalue weighted by Crippen LogP contribution is -2.33. The second kappa shape index (κ2) is 8.42. The van der Waals surface area contributed by atoms with Crippen molar-refractivity contribution in [1.82, 2.24) is 34.4 Å². The predicted molar refractivity (Wildman–Crippen MR) is 120 cm³/mol. The van der Waals surface area contributed by atoms with Crippen molar-refractivity contribution in [2.75, 3.05) is 32.0 Å². The number of pyridine rings is 1. The van der Waals surface area contributed by atoms with E-state index < -0.39 is 13.0 Å². The van der Waals surface area contributed by atoms with Crippen molar-refractivity contribution in [2.24, 2.45) is 5.92 Å². The first-order valence-corrected chi connectivity index (χ1v) is 10.9. The van der Waals surface area contributed by atoms with Crippen LogP contribution >= 0.6 is 0 Å². The Labute approximate surface area is 184 Å². The summed E-state index contributed by atoms with van der Waals surface area (Å²) in [4.78, 5) is 23.6. The highest BCUT2D eigenvalue weighted by Gasteiger charge is 2.18. The molecule has 10 heteroatoms. The maximum atomic E-state index is 13.0. The van der Waals surface area contributed by atoms with Gasteiger partial charge >= 0.3 is 0 Å². The number of aryl methyl sites for hydroxylation is 1. The monoisotopic (exact) mass is 440 g/mol. The zero-order chi connectivity index (χ0) is 22.2. The quantitative estimate of drug-likeness (QED) is 0.475. The summed E-state index contributed by atoms with van der Waals surface area (Å²) >= 11 is 0. The zero-order valence-electron chi connectivity index (χ0n) is 18.1. The van der Waals surface area contributed by atoms with Crippen molar-refractivity contribution in [3.05, 3.63) is 30.4 Å². The molecule has 168 valence electrons. The minimum absolute atomic E-state index is 0.428. The van der Waals surface area contributed by atoms with Crippen LogP contribution in [-0.2, 0) is 6.54 Å². The summed E-state index contributed by atoms with van der Waals surface area (Å²) in [6.45, 7) is 4.39. The van der Waals surface area contributed by atoms with E-state index >= 15 is 0 Å². The molecule has 0 amide bonds. The number of likely N-dealkylation sites (tertiary alicyclic amines) is 1. The van der Waals surface area contributed by atoms with Crippen LogP contribution in [0.2, 0.25) is 0 Å². The number of halogens is 2. The Morgan fingerprint density at radius 1 is 1.19 bits per heavy atom. The summed E-state index contributed by atoms with van der Waals surface area (Å²) in [5.41, 5.74) is 3.25. The van der Waals surface area contributed by atoms with E-state index in [9.17, 15) is 8.78 Å². The zero-order valence-corrected chi connectivity index (χ0v) is 18.1. The number of fused-ring (bicyclic) bond motifs is 2. The SMILES string of the molecule is Cc1nc2ccc(-c3c[nH]c4nc(NCC5CCN(C)CC5)ncc34)nc2n1CC(F)F. The molecule has 0 radical (unpaired) electrons. The minimum Gasteiger partial charge on any atom is -0.354 e. The van der Waals surface area contributed by atoms with Gasteiger partial charge in [0.1, 0.15) is 17.0 Å². The number of rotatable bonds is 6. The highest BCUT2D eigenvalue weighted by atomic mass is 19.3. The lowest BCUT2D eigenvalue weighted by Gasteiger charge is -2.28. The highest BCUT2D eigenvalue weighted by Crippen LogP contribution is 2.28. The molecule has 0 aliphatic carbocycles. The van der Waals surface area contributed by atoms with Crippen LogP contribution in [0.25, 0.3) is 33.5 Å². The van der Waals surface area contributed by atoms with Gasteiger partial charge in [-0.1, -0.05) is 0 Å². The molecule has 0 unspecified atom stereocenters. The average Bonchev–Trinajstić information content (AvgIpc) is 3.33. The fraction of sp³-hybridized carbons (Fsp3) is 0.455. The van der Waals surface area contributed by atoms with Gasteiger partial charge in [0.25, 0.3) is 6.43 Å². The Hall–Kier alpha value is -3.14. The van der Waals surface area contributed by atoms with Crippen LogP contribution in [0.1, 0.15) is 18.7 Å². The molecule has 4 aromatic heterocycles. The lowest BCUT2D eigenvalue weighted by atomic mass is 9.97. The molecule has 32 heavy (non-hydrogen) atoms. The van der Waals surface area contributed by atoms with E-state index in [2.05, 4.69) is 42.2 Å². The van der Waals surface area contributed by atoms with Gasteiger partial charge in [-0.05, 0) is 58.0 Å². The first-order chi connectivity index (χ1) is 15.5. The van der Waals surface area contributed by atoms with Crippen LogP contribution in [0.3, 0.4) is 0 Å². The molecule has 0 spiro atoms. The van der Waals surface area contributed by atoms with E-state index in [-0.39, 0.29) is 0 Å². The Morgan fingerprint density at radius 2 is 2.00 bits per heavy atom.